The van der Waals surface area contributed by atoms with Crippen LogP contribution in [0.3, 0.4) is 0 Å². The second-order valence-corrected chi connectivity index (χ2v) is 2.36. The standard InChI is InChI=1S/C6H11BO3/c8-7(9)10-6-4-2-1-3-5-6/h4,8-9H,1-3,5H2. The number of rotatable bonds is 2. The van der Waals surface area contributed by atoms with Crippen LogP contribution in [0.1, 0.15) is 25.7 Å². The summed E-state index contributed by atoms with van der Waals surface area (Å²) in [6.07, 6.45) is 5.98. The first-order valence-electron chi connectivity index (χ1n) is 3.51. The van der Waals surface area contributed by atoms with Crippen LogP contribution in [-0.4, -0.2) is 17.4 Å². The molecule has 3 nitrogen and oxygen atoms in total. The van der Waals surface area contributed by atoms with Gasteiger partial charge in [-0.15, -0.1) is 0 Å². The van der Waals surface area contributed by atoms with Crippen molar-refractivity contribution in [2.75, 3.05) is 0 Å². The van der Waals surface area contributed by atoms with E-state index in [-0.39, 0.29) is 0 Å². The van der Waals surface area contributed by atoms with Crippen LogP contribution in [0.4, 0.5) is 0 Å². The lowest BCUT2D eigenvalue weighted by molar-refractivity contribution is 0.226. The average Bonchev–Trinajstić information content (AvgIpc) is 1.88. The van der Waals surface area contributed by atoms with E-state index in [1.165, 1.54) is 6.42 Å². The fourth-order valence-corrected chi connectivity index (χ4v) is 1.05. The summed E-state index contributed by atoms with van der Waals surface area (Å²) in [7, 11) is -1.65. The zero-order valence-electron chi connectivity index (χ0n) is 5.79. The van der Waals surface area contributed by atoms with Gasteiger partial charge in [-0.1, -0.05) is 0 Å². The van der Waals surface area contributed by atoms with Crippen LogP contribution < -0.4 is 0 Å². The molecule has 0 radical (unpaired) electrons. The van der Waals surface area contributed by atoms with Gasteiger partial charge >= 0.3 is 7.32 Å². The molecule has 0 aromatic rings. The smallest absolute Gasteiger partial charge is 0.516 e. The molecule has 2 N–H and O–H groups in total. The van der Waals surface area contributed by atoms with E-state index in [2.05, 4.69) is 4.65 Å². The quantitative estimate of drug-likeness (QED) is 0.549. The highest BCUT2D eigenvalue weighted by Crippen LogP contribution is 2.17. The minimum absolute atomic E-state index is 0.709. The molecular weight excluding hydrogens is 131 g/mol. The second kappa shape index (κ2) is 3.63. The van der Waals surface area contributed by atoms with Crippen LogP contribution in [0.5, 0.6) is 0 Å². The van der Waals surface area contributed by atoms with E-state index in [9.17, 15) is 0 Å². The van der Waals surface area contributed by atoms with E-state index in [1.54, 1.807) is 0 Å². The number of hydrogen-bond acceptors (Lipinski definition) is 3. The normalized spacial score (nSPS) is 18.0. The maximum atomic E-state index is 8.40. The van der Waals surface area contributed by atoms with Crippen LogP contribution in [0.2, 0.25) is 0 Å². The first kappa shape index (κ1) is 7.63. The van der Waals surface area contributed by atoms with Gasteiger partial charge in [0.1, 0.15) is 0 Å². The average molecular weight is 142 g/mol. The minimum atomic E-state index is -1.65. The Morgan fingerprint density at radius 2 is 2.20 bits per heavy atom. The molecule has 1 rings (SSSR count). The molecule has 0 aliphatic heterocycles. The van der Waals surface area contributed by atoms with Crippen molar-refractivity contribution in [1.29, 1.82) is 0 Å². The zero-order valence-corrected chi connectivity index (χ0v) is 5.79. The molecule has 4 heteroatoms. The lowest BCUT2D eigenvalue weighted by atomic mass is 10.1. The SMILES string of the molecule is OB(O)OC1=CCCCC1. The van der Waals surface area contributed by atoms with E-state index in [1.807, 2.05) is 6.08 Å². The van der Waals surface area contributed by atoms with Crippen LogP contribution in [0.25, 0.3) is 0 Å². The van der Waals surface area contributed by atoms with Crippen molar-refractivity contribution < 1.29 is 14.7 Å². The van der Waals surface area contributed by atoms with Gasteiger partial charge in [-0.3, -0.25) is 0 Å². The van der Waals surface area contributed by atoms with Gasteiger partial charge in [-0.2, -0.15) is 0 Å². The highest BCUT2D eigenvalue weighted by molar-refractivity contribution is 6.33. The Balaban J connectivity index is 2.31. The van der Waals surface area contributed by atoms with Crippen molar-refractivity contribution in [1.82, 2.24) is 0 Å². The molecule has 0 fully saturated rings. The molecule has 0 amide bonds. The Morgan fingerprint density at radius 3 is 2.70 bits per heavy atom. The molecule has 0 aromatic carbocycles. The Bertz CT molecular complexity index is 133. The predicted molar refractivity (Wildman–Crippen MR) is 37.8 cm³/mol. The molecule has 56 valence electrons. The molecule has 0 bridgehead atoms. The summed E-state index contributed by atoms with van der Waals surface area (Å²) in [6.45, 7) is 0. The summed E-state index contributed by atoms with van der Waals surface area (Å²) in [5.74, 6) is 0.709. The monoisotopic (exact) mass is 142 g/mol. The van der Waals surface area contributed by atoms with Gasteiger partial charge in [-0.25, -0.2) is 0 Å². The highest BCUT2D eigenvalue weighted by atomic mass is 16.6. The summed E-state index contributed by atoms with van der Waals surface area (Å²) >= 11 is 0. The molecule has 1 aliphatic rings. The first-order valence-corrected chi connectivity index (χ1v) is 3.51. The maximum absolute atomic E-state index is 8.40. The molecule has 0 saturated heterocycles. The van der Waals surface area contributed by atoms with Crippen molar-refractivity contribution in [3.05, 3.63) is 11.8 Å². The first-order chi connectivity index (χ1) is 4.79. The highest BCUT2D eigenvalue weighted by Gasteiger charge is 2.14. The van der Waals surface area contributed by atoms with E-state index >= 15 is 0 Å². The summed E-state index contributed by atoms with van der Waals surface area (Å²) in [6, 6.07) is 0. The van der Waals surface area contributed by atoms with Gasteiger partial charge in [0.05, 0.1) is 5.76 Å². The number of allylic oxidation sites excluding steroid dienone is 2. The van der Waals surface area contributed by atoms with E-state index in [4.69, 9.17) is 10.0 Å². The Morgan fingerprint density at radius 1 is 1.40 bits per heavy atom. The third kappa shape index (κ3) is 2.41. The molecular formula is C6H11BO3. The van der Waals surface area contributed by atoms with Gasteiger partial charge in [0.15, 0.2) is 0 Å². The molecule has 0 aromatic heterocycles. The number of hydrogen-bond donors (Lipinski definition) is 2. The lowest BCUT2D eigenvalue weighted by Crippen LogP contribution is -2.17. The molecule has 0 atom stereocenters. The maximum Gasteiger partial charge on any atom is 0.707 e. The van der Waals surface area contributed by atoms with Crippen LogP contribution in [0.15, 0.2) is 11.8 Å². The lowest BCUT2D eigenvalue weighted by Gasteiger charge is -2.13. The van der Waals surface area contributed by atoms with Gasteiger partial charge < -0.3 is 14.7 Å². The van der Waals surface area contributed by atoms with Gasteiger partial charge in [-0.05, 0) is 25.3 Å². The summed E-state index contributed by atoms with van der Waals surface area (Å²) in [5, 5.41) is 16.8. The van der Waals surface area contributed by atoms with Crippen molar-refractivity contribution in [2.24, 2.45) is 0 Å². The third-order valence-corrected chi connectivity index (χ3v) is 1.51. The summed E-state index contributed by atoms with van der Waals surface area (Å²) in [5.41, 5.74) is 0. The Labute approximate surface area is 60.5 Å². The second-order valence-electron chi connectivity index (χ2n) is 2.36. The fraction of sp³-hybridized carbons (Fsp3) is 0.667. The molecule has 0 heterocycles. The predicted octanol–water partition coefficient (Wildman–Crippen LogP) is 0.430. The van der Waals surface area contributed by atoms with Crippen LogP contribution in [-0.2, 0) is 4.65 Å². The molecule has 0 spiro atoms. The Kier molecular flexibility index (Phi) is 2.77. The van der Waals surface area contributed by atoms with E-state index < -0.39 is 7.32 Å². The summed E-state index contributed by atoms with van der Waals surface area (Å²) in [4.78, 5) is 0. The molecule has 10 heavy (non-hydrogen) atoms. The Hall–Kier alpha value is -0.475. The van der Waals surface area contributed by atoms with Crippen molar-refractivity contribution in [2.45, 2.75) is 25.7 Å². The van der Waals surface area contributed by atoms with Crippen molar-refractivity contribution >= 4 is 7.32 Å². The van der Waals surface area contributed by atoms with E-state index in [0.717, 1.165) is 19.3 Å². The van der Waals surface area contributed by atoms with E-state index in [0.29, 0.717) is 5.76 Å². The van der Waals surface area contributed by atoms with Crippen molar-refractivity contribution in [3.63, 3.8) is 0 Å². The molecule has 0 saturated carbocycles. The topological polar surface area (TPSA) is 49.7 Å². The fourth-order valence-electron chi connectivity index (χ4n) is 1.05. The summed E-state index contributed by atoms with van der Waals surface area (Å²) < 4.78 is 4.66. The van der Waals surface area contributed by atoms with Crippen molar-refractivity contribution in [3.8, 4) is 0 Å². The van der Waals surface area contributed by atoms with Gasteiger partial charge in [0, 0.05) is 6.42 Å². The van der Waals surface area contributed by atoms with Gasteiger partial charge in [0.2, 0.25) is 0 Å². The molecule has 0 unspecified atom stereocenters. The third-order valence-electron chi connectivity index (χ3n) is 1.51. The zero-order chi connectivity index (χ0) is 7.40. The minimum Gasteiger partial charge on any atom is -0.516 e. The molecule has 1 aliphatic carbocycles. The van der Waals surface area contributed by atoms with Gasteiger partial charge in [0.25, 0.3) is 0 Å². The largest absolute Gasteiger partial charge is 0.707 e. The van der Waals surface area contributed by atoms with Crippen LogP contribution in [0, 0.1) is 0 Å². The van der Waals surface area contributed by atoms with Crippen LogP contribution >= 0.6 is 0 Å².